The zero-order chi connectivity index (χ0) is 30.0. The van der Waals surface area contributed by atoms with Crippen molar-refractivity contribution in [3.05, 3.63) is 47.5 Å². The van der Waals surface area contributed by atoms with Crippen molar-refractivity contribution in [1.82, 2.24) is 0 Å². The fourth-order valence-electron chi connectivity index (χ4n) is 7.04. The number of hydrogen-bond donors (Lipinski definition) is 0. The predicted octanol–water partition coefficient (Wildman–Crippen LogP) is 12.0. The molecule has 0 amide bonds. The molecule has 41 heavy (non-hydrogen) atoms. The molecule has 0 saturated carbocycles. The van der Waals surface area contributed by atoms with E-state index in [1.165, 1.54) is 74.6 Å². The molecule has 0 fully saturated rings. The molecule has 3 aromatic rings. The van der Waals surface area contributed by atoms with Crippen LogP contribution in [0.15, 0.2) is 36.4 Å². The maximum absolute atomic E-state index is 2.77. The SMILES string of the molecule is CCCCC(CC)CC1(CC(CC)CCCC)c2cc(-c3cc[c]([Sn]([CH3])([CH3])[CH3])s3)ccc2-c2s[c]([Sn]([CH3])([CH3])[CH3])cc21. The Balaban J connectivity index is 1.93. The molecule has 4 heteroatoms. The Bertz CT molecular complexity index is 1260. The maximum atomic E-state index is 2.77. The van der Waals surface area contributed by atoms with Crippen LogP contribution in [0.1, 0.15) is 103 Å². The zero-order valence-electron chi connectivity index (χ0n) is 28.0. The molecule has 0 saturated heterocycles. The Morgan fingerprint density at radius 2 is 1.24 bits per heavy atom. The van der Waals surface area contributed by atoms with Crippen LogP contribution in [0.2, 0.25) is 29.6 Å². The average molecular weight is 804 g/mol. The summed E-state index contributed by atoms with van der Waals surface area (Å²) < 4.78 is 3.46. The van der Waals surface area contributed by atoms with Crippen molar-refractivity contribution in [3.8, 4) is 20.9 Å². The average Bonchev–Trinajstić information content (AvgIpc) is 3.65. The van der Waals surface area contributed by atoms with Gasteiger partial charge in [-0.3, -0.25) is 0 Å². The summed E-state index contributed by atoms with van der Waals surface area (Å²) in [5.74, 6) is 1.59. The summed E-state index contributed by atoms with van der Waals surface area (Å²) in [6, 6.07) is 15.4. The van der Waals surface area contributed by atoms with E-state index in [9.17, 15) is 0 Å². The minimum absolute atomic E-state index is 0.165. The fourth-order valence-corrected chi connectivity index (χ4v) is 19.8. The van der Waals surface area contributed by atoms with Gasteiger partial charge in [-0.1, -0.05) is 0 Å². The van der Waals surface area contributed by atoms with E-state index in [1.807, 2.05) is 0 Å². The predicted molar refractivity (Wildman–Crippen MR) is 196 cm³/mol. The van der Waals surface area contributed by atoms with Crippen LogP contribution in [0.3, 0.4) is 0 Å². The molecule has 1 aliphatic carbocycles. The van der Waals surface area contributed by atoms with E-state index in [2.05, 4.69) is 116 Å². The molecule has 0 spiro atoms. The van der Waals surface area contributed by atoms with Gasteiger partial charge in [0.15, 0.2) is 0 Å². The summed E-state index contributed by atoms with van der Waals surface area (Å²) in [6.45, 7) is 9.67. The quantitative estimate of drug-likeness (QED) is 0.134. The number of benzene rings is 1. The van der Waals surface area contributed by atoms with E-state index in [1.54, 1.807) is 27.4 Å². The van der Waals surface area contributed by atoms with Crippen LogP contribution in [0.4, 0.5) is 0 Å². The molecule has 0 radical (unpaired) electrons. The number of hydrogen-bond acceptors (Lipinski definition) is 2. The van der Waals surface area contributed by atoms with Crippen molar-refractivity contribution in [2.45, 2.75) is 127 Å². The van der Waals surface area contributed by atoms with Gasteiger partial charge in [-0.2, -0.15) is 0 Å². The summed E-state index contributed by atoms with van der Waals surface area (Å²) in [6.07, 6.45) is 13.4. The molecule has 0 bridgehead atoms. The standard InChI is InChI=1S/C31H40S2.6CH3.2Sn/c1-5-9-12-23(7-3)21-31(22-24(8-4)13-10-6-2)27-17-19-33-30(27)26-16-15-25(20-28(26)31)29-14-11-18-32-29;;;;;;;;/h11,14-17,20,23-24H,5-10,12-13,21-22H2,1-4H3;6*1H3;;. The molecule has 4 rings (SSSR count). The van der Waals surface area contributed by atoms with E-state index in [0.29, 0.717) is 0 Å². The van der Waals surface area contributed by atoms with Crippen LogP contribution in [-0.2, 0) is 5.41 Å². The molecule has 0 aliphatic heterocycles. The van der Waals surface area contributed by atoms with Gasteiger partial charge < -0.3 is 0 Å². The zero-order valence-corrected chi connectivity index (χ0v) is 35.3. The molecule has 2 unspecified atom stereocenters. The van der Waals surface area contributed by atoms with Crippen LogP contribution in [0, 0.1) is 11.8 Å². The van der Waals surface area contributed by atoms with E-state index in [4.69, 9.17) is 0 Å². The van der Waals surface area contributed by atoms with Crippen molar-refractivity contribution < 1.29 is 0 Å². The second-order valence-electron chi connectivity index (χ2n) is 15.1. The second kappa shape index (κ2) is 14.1. The second-order valence-corrected chi connectivity index (χ2v) is 48.1. The Labute approximate surface area is 269 Å². The third kappa shape index (κ3) is 7.55. The summed E-state index contributed by atoms with van der Waals surface area (Å²) in [7, 11) is 0. The van der Waals surface area contributed by atoms with Gasteiger partial charge in [0.05, 0.1) is 0 Å². The third-order valence-electron chi connectivity index (χ3n) is 9.76. The van der Waals surface area contributed by atoms with Crippen molar-refractivity contribution in [2.75, 3.05) is 0 Å². The molecule has 226 valence electrons. The van der Waals surface area contributed by atoms with Crippen molar-refractivity contribution >= 4 is 65.2 Å². The molecule has 2 atom stereocenters. The van der Waals surface area contributed by atoms with Crippen LogP contribution in [0.5, 0.6) is 0 Å². The van der Waals surface area contributed by atoms with E-state index in [-0.39, 0.29) is 5.41 Å². The monoisotopic (exact) mass is 806 g/mol. The van der Waals surface area contributed by atoms with Gasteiger partial charge in [0.25, 0.3) is 0 Å². The topological polar surface area (TPSA) is 0 Å². The first-order chi connectivity index (χ1) is 19.4. The Hall–Kier alpha value is 0.217. The van der Waals surface area contributed by atoms with Crippen LogP contribution < -0.4 is 5.79 Å². The van der Waals surface area contributed by atoms with Gasteiger partial charge in [0, 0.05) is 0 Å². The van der Waals surface area contributed by atoms with E-state index in [0.717, 1.165) is 11.8 Å². The van der Waals surface area contributed by atoms with Gasteiger partial charge in [0.2, 0.25) is 0 Å². The Kier molecular flexibility index (Phi) is 11.7. The number of rotatable bonds is 15. The van der Waals surface area contributed by atoms with Crippen molar-refractivity contribution in [2.24, 2.45) is 11.8 Å². The summed E-state index contributed by atoms with van der Waals surface area (Å²) in [4.78, 5) is 18.6. The molecule has 0 N–H and O–H groups in total. The fraction of sp³-hybridized carbons (Fsp3) is 0.622. The number of thiophene rings is 2. The minimum atomic E-state index is -2.21. The van der Waals surface area contributed by atoms with Gasteiger partial charge in [0.1, 0.15) is 0 Å². The normalized spacial score (nSPS) is 18.4. The van der Waals surface area contributed by atoms with Crippen LogP contribution in [0.25, 0.3) is 20.9 Å². The molecular weight excluding hydrogens is 746 g/mol. The summed E-state index contributed by atoms with van der Waals surface area (Å²) in [5, 5.41) is 0. The van der Waals surface area contributed by atoms with Crippen molar-refractivity contribution in [1.29, 1.82) is 0 Å². The molecule has 2 aromatic heterocycles. The molecule has 0 nitrogen and oxygen atoms in total. The van der Waals surface area contributed by atoms with Gasteiger partial charge in [-0.25, -0.2) is 0 Å². The molecule has 1 aromatic carbocycles. The number of unbranched alkanes of at least 4 members (excludes halogenated alkanes) is 2. The Morgan fingerprint density at radius 1 is 0.659 bits per heavy atom. The van der Waals surface area contributed by atoms with E-state index < -0.39 is 36.8 Å². The van der Waals surface area contributed by atoms with E-state index >= 15 is 0 Å². The van der Waals surface area contributed by atoms with Gasteiger partial charge >= 0.3 is 272 Å². The molecule has 2 heterocycles. The Morgan fingerprint density at radius 3 is 1.73 bits per heavy atom. The van der Waals surface area contributed by atoms with Crippen LogP contribution >= 0.6 is 22.7 Å². The van der Waals surface area contributed by atoms with Crippen LogP contribution in [-0.4, -0.2) is 36.8 Å². The van der Waals surface area contributed by atoms with Gasteiger partial charge in [-0.05, 0) is 0 Å². The molecular formula is C37H58S2Sn2. The first kappa shape index (κ1) is 34.1. The number of fused-ring (bicyclic) bond motifs is 3. The summed E-state index contributed by atoms with van der Waals surface area (Å²) in [5.41, 5.74) is 6.63. The van der Waals surface area contributed by atoms with Gasteiger partial charge in [-0.15, -0.1) is 0 Å². The first-order valence-corrected chi connectivity index (χ1v) is 38.4. The molecule has 1 aliphatic rings. The first-order valence-electron chi connectivity index (χ1n) is 16.8. The summed E-state index contributed by atoms with van der Waals surface area (Å²) >= 11 is -0.0143. The third-order valence-corrected chi connectivity index (χ3v) is 31.0. The van der Waals surface area contributed by atoms with Crippen molar-refractivity contribution in [3.63, 3.8) is 0 Å².